The Labute approximate surface area is 103 Å². The maximum Gasteiger partial charge on any atom is 0.260 e. The lowest BCUT2D eigenvalue weighted by Crippen LogP contribution is -2.28. The van der Waals surface area contributed by atoms with Crippen LogP contribution in [0.3, 0.4) is 0 Å². The molecule has 1 aromatic carbocycles. The van der Waals surface area contributed by atoms with Gasteiger partial charge in [0, 0.05) is 25.4 Å². The summed E-state index contributed by atoms with van der Waals surface area (Å²) in [5, 5.41) is 4.10. The first-order valence-electron chi connectivity index (χ1n) is 5.78. The van der Waals surface area contributed by atoms with E-state index in [-0.39, 0.29) is 13.0 Å². The number of hydrogen-bond acceptors (Lipinski definition) is 2. The Bertz CT molecular complexity index is 565. The zero-order chi connectivity index (χ0) is 12.8. The van der Waals surface area contributed by atoms with E-state index in [1.165, 1.54) is 0 Å². The van der Waals surface area contributed by atoms with E-state index >= 15 is 0 Å². The number of benzene rings is 1. The van der Waals surface area contributed by atoms with E-state index in [0.717, 1.165) is 0 Å². The van der Waals surface area contributed by atoms with Crippen molar-refractivity contribution >= 4 is 0 Å². The minimum absolute atomic E-state index is 0.0573. The molecule has 1 aromatic heterocycles. The Morgan fingerprint density at radius 1 is 1.28 bits per heavy atom. The average Bonchev–Trinajstić information content (AvgIpc) is 2.78. The van der Waals surface area contributed by atoms with Gasteiger partial charge in [0.15, 0.2) is 0 Å². The second-order valence-corrected chi connectivity index (χ2v) is 4.64. The van der Waals surface area contributed by atoms with Gasteiger partial charge in [0.05, 0.1) is 11.1 Å². The number of nitrogens with zero attached hydrogens (tertiary/aromatic N) is 2. The molecule has 0 radical (unpaired) electrons. The predicted octanol–water partition coefficient (Wildman–Crippen LogP) is 2.11. The van der Waals surface area contributed by atoms with Crippen molar-refractivity contribution in [3.05, 3.63) is 48.3 Å². The molecule has 2 N–H and O–H groups in total. The molecule has 0 bridgehead atoms. The summed E-state index contributed by atoms with van der Waals surface area (Å²) >= 11 is 0. The fraction of sp³-hybridized carbons (Fsp3) is 0.308. The predicted molar refractivity (Wildman–Crippen MR) is 63.9 cm³/mol. The molecular weight excluding hydrogens is 236 g/mol. The summed E-state index contributed by atoms with van der Waals surface area (Å²) in [6.45, 7) is -0.0573. The first kappa shape index (κ1) is 11.3. The van der Waals surface area contributed by atoms with Crippen LogP contribution in [0.2, 0.25) is 0 Å². The van der Waals surface area contributed by atoms with Crippen LogP contribution in [0.4, 0.5) is 8.78 Å². The number of alkyl halides is 2. The first-order valence-corrected chi connectivity index (χ1v) is 5.78. The summed E-state index contributed by atoms with van der Waals surface area (Å²) in [6, 6.07) is 8.83. The molecule has 2 aromatic rings. The number of rotatable bonds is 3. The Balaban J connectivity index is 2.14. The van der Waals surface area contributed by atoms with Crippen molar-refractivity contribution in [3.63, 3.8) is 0 Å². The van der Waals surface area contributed by atoms with Crippen LogP contribution in [0.25, 0.3) is 5.69 Å². The van der Waals surface area contributed by atoms with Gasteiger partial charge in [0.25, 0.3) is 5.92 Å². The van der Waals surface area contributed by atoms with E-state index in [9.17, 15) is 8.78 Å². The van der Waals surface area contributed by atoms with Crippen LogP contribution in [0.15, 0.2) is 42.7 Å². The molecule has 5 heteroatoms. The van der Waals surface area contributed by atoms with Crippen LogP contribution in [0.1, 0.15) is 12.0 Å². The lowest BCUT2D eigenvalue weighted by molar-refractivity contribution is 0.0896. The minimum Gasteiger partial charge on any atom is -0.329 e. The molecule has 3 rings (SSSR count). The molecule has 1 unspecified atom stereocenters. The highest BCUT2D eigenvalue weighted by molar-refractivity contribution is 5.51. The van der Waals surface area contributed by atoms with E-state index in [4.69, 9.17) is 5.73 Å². The summed E-state index contributed by atoms with van der Waals surface area (Å²) < 4.78 is 28.9. The zero-order valence-corrected chi connectivity index (χ0v) is 9.68. The minimum atomic E-state index is -2.72. The van der Waals surface area contributed by atoms with Crippen molar-refractivity contribution in [2.24, 2.45) is 5.73 Å². The van der Waals surface area contributed by atoms with Crippen LogP contribution in [-0.2, 0) is 5.41 Å². The SMILES string of the molecule is NCC1(c2ccccc2-n2cccn2)CC1(F)F. The van der Waals surface area contributed by atoms with Gasteiger partial charge in [-0.05, 0) is 17.7 Å². The fourth-order valence-electron chi connectivity index (χ4n) is 2.45. The Morgan fingerprint density at radius 2 is 2.00 bits per heavy atom. The molecule has 0 aliphatic heterocycles. The maximum atomic E-state index is 13.6. The molecule has 94 valence electrons. The maximum absolute atomic E-state index is 13.6. The first-order chi connectivity index (χ1) is 8.61. The van der Waals surface area contributed by atoms with E-state index in [0.29, 0.717) is 11.3 Å². The molecule has 0 amide bonds. The van der Waals surface area contributed by atoms with E-state index < -0.39 is 11.3 Å². The van der Waals surface area contributed by atoms with Crippen LogP contribution in [-0.4, -0.2) is 22.2 Å². The van der Waals surface area contributed by atoms with Crippen LogP contribution < -0.4 is 5.73 Å². The van der Waals surface area contributed by atoms with Crippen molar-refractivity contribution in [1.29, 1.82) is 0 Å². The van der Waals surface area contributed by atoms with Gasteiger partial charge in [0.2, 0.25) is 0 Å². The van der Waals surface area contributed by atoms with Crippen LogP contribution in [0.5, 0.6) is 0 Å². The van der Waals surface area contributed by atoms with Gasteiger partial charge >= 0.3 is 0 Å². The molecule has 1 saturated carbocycles. The molecule has 1 aliphatic carbocycles. The smallest absolute Gasteiger partial charge is 0.260 e. The second kappa shape index (κ2) is 3.62. The van der Waals surface area contributed by atoms with Crippen LogP contribution in [0, 0.1) is 0 Å². The van der Waals surface area contributed by atoms with Gasteiger partial charge in [-0.2, -0.15) is 5.10 Å². The second-order valence-electron chi connectivity index (χ2n) is 4.64. The topological polar surface area (TPSA) is 43.8 Å². The number of hydrogen-bond donors (Lipinski definition) is 1. The third-order valence-electron chi connectivity index (χ3n) is 3.62. The van der Waals surface area contributed by atoms with Gasteiger partial charge in [-0.25, -0.2) is 13.5 Å². The normalized spacial score (nSPS) is 25.1. The van der Waals surface area contributed by atoms with Gasteiger partial charge in [-0.15, -0.1) is 0 Å². The molecule has 1 aliphatic rings. The lowest BCUT2D eigenvalue weighted by Gasteiger charge is -2.18. The molecule has 3 nitrogen and oxygen atoms in total. The van der Waals surface area contributed by atoms with Gasteiger partial charge in [0.1, 0.15) is 0 Å². The molecule has 18 heavy (non-hydrogen) atoms. The average molecular weight is 249 g/mol. The third-order valence-corrected chi connectivity index (χ3v) is 3.62. The quantitative estimate of drug-likeness (QED) is 0.905. The van der Waals surface area contributed by atoms with Gasteiger partial charge in [-0.3, -0.25) is 0 Å². The standard InChI is InChI=1S/C13H13F2N3/c14-13(15)8-12(13,9-16)10-4-1-2-5-11(10)18-7-3-6-17-18/h1-7H,8-9,16H2. The molecule has 1 heterocycles. The van der Waals surface area contributed by atoms with Crippen molar-refractivity contribution < 1.29 is 8.78 Å². The van der Waals surface area contributed by atoms with E-state index in [1.54, 1.807) is 41.3 Å². The molecular formula is C13H13F2N3. The summed E-state index contributed by atoms with van der Waals surface area (Å²) in [5.41, 5.74) is 5.60. The van der Waals surface area contributed by atoms with Crippen molar-refractivity contribution in [2.45, 2.75) is 17.8 Å². The van der Waals surface area contributed by atoms with Crippen molar-refractivity contribution in [1.82, 2.24) is 9.78 Å². The van der Waals surface area contributed by atoms with Crippen molar-refractivity contribution in [3.8, 4) is 5.69 Å². The number of nitrogens with two attached hydrogens (primary N) is 1. The molecule has 1 fully saturated rings. The monoisotopic (exact) mass is 249 g/mol. The number of para-hydroxylation sites is 1. The summed E-state index contributed by atoms with van der Waals surface area (Å²) in [7, 11) is 0. The van der Waals surface area contributed by atoms with Crippen LogP contribution >= 0.6 is 0 Å². The highest BCUT2D eigenvalue weighted by Crippen LogP contribution is 2.61. The Hall–Kier alpha value is -1.75. The molecule has 0 saturated heterocycles. The summed E-state index contributed by atoms with van der Waals surface area (Å²) in [4.78, 5) is 0. The van der Waals surface area contributed by atoms with E-state index in [2.05, 4.69) is 5.10 Å². The highest BCUT2D eigenvalue weighted by atomic mass is 19.3. The Morgan fingerprint density at radius 3 is 2.56 bits per heavy atom. The number of halogens is 2. The largest absolute Gasteiger partial charge is 0.329 e. The zero-order valence-electron chi connectivity index (χ0n) is 9.68. The van der Waals surface area contributed by atoms with E-state index in [1.807, 2.05) is 6.07 Å². The highest BCUT2D eigenvalue weighted by Gasteiger charge is 2.71. The molecule has 1 atom stereocenters. The third kappa shape index (κ3) is 1.40. The number of aromatic nitrogens is 2. The lowest BCUT2D eigenvalue weighted by atomic mass is 9.93. The summed E-state index contributed by atoms with van der Waals surface area (Å²) in [5.74, 6) is -2.72. The van der Waals surface area contributed by atoms with Gasteiger partial charge in [-0.1, -0.05) is 18.2 Å². The Kier molecular flexibility index (Phi) is 2.28. The summed E-state index contributed by atoms with van der Waals surface area (Å²) in [6.07, 6.45) is 3.18. The van der Waals surface area contributed by atoms with Gasteiger partial charge < -0.3 is 5.73 Å². The fourth-order valence-corrected chi connectivity index (χ4v) is 2.45. The van der Waals surface area contributed by atoms with Crippen molar-refractivity contribution in [2.75, 3.05) is 6.54 Å². The molecule has 0 spiro atoms.